The normalized spacial score (nSPS) is 14.0. The average Bonchev–Trinajstić information content (AvgIpc) is 3.35. The average molecular weight is 971 g/mol. The zero-order valence-electron chi connectivity index (χ0n) is 46.1. The summed E-state index contributed by atoms with van der Waals surface area (Å²) in [4.78, 5) is 12.6. The van der Waals surface area contributed by atoms with Crippen LogP contribution in [0, 0.1) is 0 Å². The van der Waals surface area contributed by atoms with E-state index in [-0.39, 0.29) is 0 Å². The fourth-order valence-corrected chi connectivity index (χ4v) is 9.43. The third-order valence-corrected chi connectivity index (χ3v) is 14.2. The number of nitrogens with one attached hydrogen (secondary N) is 1. The molecule has 0 heterocycles. The Kier molecular flexibility index (Phi) is 55.7. The van der Waals surface area contributed by atoms with Gasteiger partial charge < -0.3 is 25.7 Å². The van der Waals surface area contributed by atoms with Crippen molar-refractivity contribution in [3.63, 3.8) is 0 Å². The topological polar surface area (TPSA) is 110 Å². The number of rotatable bonds is 56. The van der Waals surface area contributed by atoms with Crippen LogP contribution in [0.1, 0.15) is 316 Å². The van der Waals surface area contributed by atoms with Gasteiger partial charge in [0.05, 0.1) is 18.8 Å². The molecule has 69 heavy (non-hydrogen) atoms. The van der Waals surface area contributed by atoms with Gasteiger partial charge in [0.1, 0.15) is 12.2 Å². The summed E-state index contributed by atoms with van der Waals surface area (Å²) in [5, 5.41) is 44.0. The number of amides is 1. The second-order valence-corrected chi connectivity index (χ2v) is 21.0. The van der Waals surface area contributed by atoms with Gasteiger partial charge in [-0.15, -0.1) is 0 Å². The van der Waals surface area contributed by atoms with Crippen molar-refractivity contribution in [1.82, 2.24) is 5.32 Å². The molecule has 0 aromatic carbocycles. The van der Waals surface area contributed by atoms with Crippen LogP contribution >= 0.6 is 0 Å². The van der Waals surface area contributed by atoms with Crippen LogP contribution in [0.2, 0.25) is 0 Å². The lowest BCUT2D eigenvalue weighted by atomic mass is 10.00. The molecule has 0 spiro atoms. The van der Waals surface area contributed by atoms with Crippen molar-refractivity contribution in [3.8, 4) is 0 Å². The molecule has 4 unspecified atom stereocenters. The standard InChI is InChI=1S/C63H119NO5/c1-3-5-7-9-11-13-15-17-19-21-23-25-27-29-30-31-32-33-35-37-39-41-43-45-47-49-51-53-55-57-61(67)63(69)64-59(58-65)62(68)60(66)56-54-52-50-48-46-44-42-40-38-36-34-28-26-24-22-20-18-16-14-12-10-8-6-4-2/h28-30,34,40,42,48,50,59-62,65-68H,3-27,31-33,35-39,41,43-47,49,51-58H2,1-2H3,(H,64,69)/b30-29-,34-28+,42-40+,50-48+. The highest BCUT2D eigenvalue weighted by atomic mass is 16.3. The summed E-state index contributed by atoms with van der Waals surface area (Å²) in [7, 11) is 0. The van der Waals surface area contributed by atoms with E-state index in [4.69, 9.17) is 0 Å². The van der Waals surface area contributed by atoms with Crippen molar-refractivity contribution in [1.29, 1.82) is 0 Å². The van der Waals surface area contributed by atoms with Crippen LogP contribution in [0.25, 0.3) is 0 Å². The summed E-state index contributed by atoms with van der Waals surface area (Å²) in [5.41, 5.74) is 0. The van der Waals surface area contributed by atoms with Gasteiger partial charge in [0, 0.05) is 0 Å². The van der Waals surface area contributed by atoms with Crippen LogP contribution in [0.3, 0.4) is 0 Å². The van der Waals surface area contributed by atoms with Crippen molar-refractivity contribution in [2.75, 3.05) is 6.61 Å². The van der Waals surface area contributed by atoms with Crippen LogP contribution < -0.4 is 5.32 Å². The Hall–Kier alpha value is -1.73. The Morgan fingerprint density at radius 2 is 0.609 bits per heavy atom. The van der Waals surface area contributed by atoms with Crippen molar-refractivity contribution in [2.24, 2.45) is 0 Å². The fraction of sp³-hybridized carbons (Fsp3) is 0.857. The number of hydrogen-bond donors (Lipinski definition) is 5. The molecule has 4 atom stereocenters. The molecule has 0 radical (unpaired) electrons. The number of hydrogen-bond acceptors (Lipinski definition) is 5. The highest BCUT2D eigenvalue weighted by Gasteiger charge is 2.28. The predicted octanol–water partition coefficient (Wildman–Crippen LogP) is 18.1. The van der Waals surface area contributed by atoms with Gasteiger partial charge in [-0.3, -0.25) is 4.79 Å². The van der Waals surface area contributed by atoms with Gasteiger partial charge in [0.15, 0.2) is 0 Å². The molecule has 0 aromatic rings. The van der Waals surface area contributed by atoms with Crippen LogP contribution in [-0.4, -0.2) is 57.3 Å². The molecule has 406 valence electrons. The first-order valence-corrected chi connectivity index (χ1v) is 30.5. The maximum absolute atomic E-state index is 12.6. The SMILES string of the molecule is CCCCCCCCCCCCC/C=C/CC/C=C/CC/C=C/CCCC(O)C(O)C(CO)NC(=O)C(O)CCCCCCCCCCCCCCC/C=C\CCCCCCCCCCCCCC. The summed E-state index contributed by atoms with van der Waals surface area (Å²) >= 11 is 0. The van der Waals surface area contributed by atoms with E-state index in [1.807, 2.05) is 0 Å². The number of aliphatic hydroxyl groups excluding tert-OH is 4. The monoisotopic (exact) mass is 970 g/mol. The molecule has 5 N–H and O–H groups in total. The van der Waals surface area contributed by atoms with Crippen molar-refractivity contribution in [2.45, 2.75) is 340 Å². The largest absolute Gasteiger partial charge is 0.394 e. The Bertz CT molecular complexity index is 1130. The second kappa shape index (κ2) is 57.2. The summed E-state index contributed by atoms with van der Waals surface area (Å²) in [6, 6.07) is -1.01. The zero-order chi connectivity index (χ0) is 50.2. The third-order valence-electron chi connectivity index (χ3n) is 14.2. The molecule has 0 aromatic heterocycles. The molecular weight excluding hydrogens is 851 g/mol. The van der Waals surface area contributed by atoms with Gasteiger partial charge in [0.2, 0.25) is 5.91 Å². The maximum atomic E-state index is 12.6. The molecule has 0 aliphatic heterocycles. The lowest BCUT2D eigenvalue weighted by Gasteiger charge is -2.27. The van der Waals surface area contributed by atoms with E-state index in [0.717, 1.165) is 51.4 Å². The Morgan fingerprint density at radius 1 is 0.348 bits per heavy atom. The van der Waals surface area contributed by atoms with Crippen LogP contribution in [0.15, 0.2) is 48.6 Å². The first kappa shape index (κ1) is 67.3. The van der Waals surface area contributed by atoms with E-state index in [1.54, 1.807) is 0 Å². The molecule has 1 amide bonds. The zero-order valence-corrected chi connectivity index (χ0v) is 46.1. The molecule has 0 saturated heterocycles. The maximum Gasteiger partial charge on any atom is 0.249 e. The van der Waals surface area contributed by atoms with Gasteiger partial charge in [-0.25, -0.2) is 0 Å². The van der Waals surface area contributed by atoms with Gasteiger partial charge in [-0.1, -0.05) is 274 Å². The molecule has 0 rings (SSSR count). The number of carbonyl (C=O) groups excluding carboxylic acids is 1. The predicted molar refractivity (Wildman–Crippen MR) is 302 cm³/mol. The van der Waals surface area contributed by atoms with E-state index >= 15 is 0 Å². The molecule has 6 nitrogen and oxygen atoms in total. The fourth-order valence-electron chi connectivity index (χ4n) is 9.43. The minimum absolute atomic E-state index is 0.359. The van der Waals surface area contributed by atoms with Crippen LogP contribution in [0.5, 0.6) is 0 Å². The van der Waals surface area contributed by atoms with E-state index in [0.29, 0.717) is 19.3 Å². The number of allylic oxidation sites excluding steroid dienone is 8. The Balaban J connectivity index is 3.67. The second-order valence-electron chi connectivity index (χ2n) is 21.0. The molecular formula is C63H119NO5. The molecule has 6 heteroatoms. The number of carbonyl (C=O) groups is 1. The van der Waals surface area contributed by atoms with Gasteiger partial charge >= 0.3 is 0 Å². The first-order chi connectivity index (χ1) is 34.0. The lowest BCUT2D eigenvalue weighted by molar-refractivity contribution is -0.132. The smallest absolute Gasteiger partial charge is 0.249 e. The number of aliphatic hydroxyl groups is 4. The minimum Gasteiger partial charge on any atom is -0.394 e. The van der Waals surface area contributed by atoms with E-state index in [9.17, 15) is 25.2 Å². The van der Waals surface area contributed by atoms with Crippen LogP contribution in [-0.2, 0) is 4.79 Å². The van der Waals surface area contributed by atoms with Crippen molar-refractivity contribution in [3.05, 3.63) is 48.6 Å². The molecule has 0 saturated carbocycles. The van der Waals surface area contributed by atoms with Crippen LogP contribution in [0.4, 0.5) is 0 Å². The summed E-state index contributed by atoms with van der Waals surface area (Å²) in [6.45, 7) is 4.07. The van der Waals surface area contributed by atoms with E-state index < -0.39 is 36.9 Å². The molecule has 0 bridgehead atoms. The lowest BCUT2D eigenvalue weighted by Crippen LogP contribution is -2.53. The quantitative estimate of drug-likeness (QED) is 0.0308. The van der Waals surface area contributed by atoms with E-state index in [2.05, 4.69) is 67.8 Å². The summed E-state index contributed by atoms with van der Waals surface area (Å²) in [6.07, 6.45) is 73.4. The Labute approximate surface area is 429 Å². The molecule has 0 aliphatic carbocycles. The van der Waals surface area contributed by atoms with E-state index in [1.165, 1.54) is 231 Å². The van der Waals surface area contributed by atoms with Gasteiger partial charge in [-0.05, 0) is 89.9 Å². The molecule has 0 fully saturated rings. The highest BCUT2D eigenvalue weighted by molar-refractivity contribution is 5.80. The molecule has 0 aliphatic rings. The number of unbranched alkanes of at least 4 members (excludes halogenated alkanes) is 39. The van der Waals surface area contributed by atoms with Crippen molar-refractivity contribution < 1.29 is 25.2 Å². The highest BCUT2D eigenvalue weighted by Crippen LogP contribution is 2.17. The Morgan fingerprint density at radius 3 is 0.913 bits per heavy atom. The van der Waals surface area contributed by atoms with Gasteiger partial charge in [0.25, 0.3) is 0 Å². The third kappa shape index (κ3) is 51.0. The van der Waals surface area contributed by atoms with Gasteiger partial charge in [-0.2, -0.15) is 0 Å². The van der Waals surface area contributed by atoms with Crippen molar-refractivity contribution >= 4 is 5.91 Å². The summed E-state index contributed by atoms with van der Waals surface area (Å²) < 4.78 is 0. The minimum atomic E-state index is -1.30. The first-order valence-electron chi connectivity index (χ1n) is 30.5. The summed E-state index contributed by atoms with van der Waals surface area (Å²) in [5.74, 6) is -0.597.